The first-order chi connectivity index (χ1) is 17.5. The van der Waals surface area contributed by atoms with Gasteiger partial charge in [-0.25, -0.2) is 9.37 Å². The van der Waals surface area contributed by atoms with Gasteiger partial charge in [-0.2, -0.15) is 0 Å². The summed E-state index contributed by atoms with van der Waals surface area (Å²) in [5.74, 6) is -0.358. The number of imidazole rings is 1. The van der Waals surface area contributed by atoms with E-state index in [0.717, 1.165) is 47.4 Å². The number of hydrogen-bond donors (Lipinski definition) is 1. The summed E-state index contributed by atoms with van der Waals surface area (Å²) in [4.78, 5) is 24.2. The van der Waals surface area contributed by atoms with Crippen molar-refractivity contribution in [2.75, 3.05) is 13.1 Å². The molecule has 0 radical (unpaired) electrons. The zero-order chi connectivity index (χ0) is 24.8. The fraction of sp³-hybridized carbons (Fsp3) is 0.250. The van der Waals surface area contributed by atoms with Crippen LogP contribution >= 0.6 is 0 Å². The maximum atomic E-state index is 14.5. The average molecular weight is 483 g/mol. The van der Waals surface area contributed by atoms with Gasteiger partial charge in [-0.1, -0.05) is 18.2 Å². The second-order valence-electron chi connectivity index (χ2n) is 9.45. The summed E-state index contributed by atoms with van der Waals surface area (Å²) >= 11 is 0. The molecule has 1 fully saturated rings. The number of carbonyl (C=O) groups is 1. The van der Waals surface area contributed by atoms with Gasteiger partial charge < -0.3 is 19.6 Å². The Balaban J connectivity index is 1.44. The van der Waals surface area contributed by atoms with E-state index in [0.29, 0.717) is 23.4 Å². The van der Waals surface area contributed by atoms with Crippen LogP contribution in [0.15, 0.2) is 67.0 Å². The van der Waals surface area contributed by atoms with Crippen LogP contribution in [0, 0.1) is 12.7 Å². The van der Waals surface area contributed by atoms with E-state index < -0.39 is 0 Å². The Morgan fingerprint density at radius 1 is 1.17 bits per heavy atom. The third-order valence-electron chi connectivity index (χ3n) is 7.05. The number of benzene rings is 1. The van der Waals surface area contributed by atoms with Crippen molar-refractivity contribution in [3.63, 3.8) is 0 Å². The molecule has 5 aromatic rings. The molecule has 1 atom stereocenters. The van der Waals surface area contributed by atoms with Crippen LogP contribution < -0.4 is 5.73 Å². The summed E-state index contributed by atoms with van der Waals surface area (Å²) in [6.45, 7) is 3.58. The molecule has 36 heavy (non-hydrogen) atoms. The standard InChI is InChI=1S/C28H27FN6O/c1-18-27(32-26-15-20(10-13-34(18)26)28(36)33-12-5-7-21(30)16-33)25-14-19-6-2-3-9-24(19)35(25)17-23-22(29)8-4-11-31-23/h2-4,6,8-11,13-15,21H,5,7,12,16-17,30H2,1H3. The van der Waals surface area contributed by atoms with Gasteiger partial charge in [0.05, 0.1) is 17.9 Å². The number of likely N-dealkylation sites (tertiary alicyclic amines) is 1. The lowest BCUT2D eigenvalue weighted by Crippen LogP contribution is -2.45. The van der Waals surface area contributed by atoms with Crippen LogP contribution in [0.2, 0.25) is 0 Å². The van der Waals surface area contributed by atoms with Crippen molar-refractivity contribution in [2.45, 2.75) is 32.4 Å². The topological polar surface area (TPSA) is 81.5 Å². The van der Waals surface area contributed by atoms with Crippen LogP contribution in [-0.2, 0) is 6.54 Å². The molecule has 5 heterocycles. The van der Waals surface area contributed by atoms with Crippen molar-refractivity contribution in [1.82, 2.24) is 23.8 Å². The first kappa shape index (κ1) is 22.4. The fourth-order valence-corrected chi connectivity index (χ4v) is 5.18. The molecule has 1 amide bonds. The van der Waals surface area contributed by atoms with Crippen molar-refractivity contribution < 1.29 is 9.18 Å². The maximum absolute atomic E-state index is 14.5. The van der Waals surface area contributed by atoms with Crippen molar-refractivity contribution in [1.29, 1.82) is 0 Å². The number of nitrogens with zero attached hydrogens (tertiary/aromatic N) is 5. The number of nitrogens with two attached hydrogens (primary N) is 1. The third-order valence-corrected chi connectivity index (χ3v) is 7.05. The van der Waals surface area contributed by atoms with Gasteiger partial charge in [0.15, 0.2) is 0 Å². The van der Waals surface area contributed by atoms with Gasteiger partial charge >= 0.3 is 0 Å². The zero-order valence-corrected chi connectivity index (χ0v) is 20.1. The van der Waals surface area contributed by atoms with Crippen LogP contribution in [0.25, 0.3) is 27.9 Å². The molecule has 1 aromatic carbocycles. The number of aromatic nitrogens is 4. The van der Waals surface area contributed by atoms with Gasteiger partial charge in [0.25, 0.3) is 5.91 Å². The Bertz CT molecular complexity index is 1600. The lowest BCUT2D eigenvalue weighted by molar-refractivity contribution is 0.0709. The van der Waals surface area contributed by atoms with Crippen LogP contribution in [0.1, 0.15) is 34.6 Å². The summed E-state index contributed by atoms with van der Waals surface area (Å²) < 4.78 is 18.6. The minimum absolute atomic E-state index is 0.0189. The summed E-state index contributed by atoms with van der Waals surface area (Å²) in [5, 5.41) is 1.04. The lowest BCUT2D eigenvalue weighted by Gasteiger charge is -2.30. The lowest BCUT2D eigenvalue weighted by atomic mass is 10.1. The van der Waals surface area contributed by atoms with Crippen molar-refractivity contribution in [3.8, 4) is 11.4 Å². The number of para-hydroxylation sites is 1. The van der Waals surface area contributed by atoms with E-state index in [1.54, 1.807) is 12.3 Å². The predicted octanol–water partition coefficient (Wildman–Crippen LogP) is 4.41. The number of piperidine rings is 1. The Kier molecular flexibility index (Phi) is 5.53. The highest BCUT2D eigenvalue weighted by molar-refractivity contribution is 5.95. The van der Waals surface area contributed by atoms with Crippen molar-refractivity contribution >= 4 is 22.5 Å². The Labute approximate surface area is 208 Å². The molecule has 0 aliphatic carbocycles. The maximum Gasteiger partial charge on any atom is 0.254 e. The second-order valence-corrected chi connectivity index (χ2v) is 9.45. The summed E-state index contributed by atoms with van der Waals surface area (Å²) in [6.07, 6.45) is 5.36. The van der Waals surface area contributed by atoms with Crippen LogP contribution in [-0.4, -0.2) is 48.9 Å². The highest BCUT2D eigenvalue weighted by Crippen LogP contribution is 2.31. The molecule has 0 bridgehead atoms. The Hall–Kier alpha value is -4.04. The molecule has 1 saturated heterocycles. The Morgan fingerprint density at radius 3 is 2.86 bits per heavy atom. The summed E-state index contributed by atoms with van der Waals surface area (Å²) in [7, 11) is 0. The Morgan fingerprint density at radius 2 is 2.03 bits per heavy atom. The van der Waals surface area contributed by atoms with Crippen molar-refractivity contribution in [3.05, 3.63) is 89.8 Å². The zero-order valence-electron chi connectivity index (χ0n) is 20.1. The van der Waals surface area contributed by atoms with E-state index in [1.165, 1.54) is 6.07 Å². The largest absolute Gasteiger partial charge is 0.337 e. The number of carbonyl (C=O) groups excluding carboxylic acids is 1. The predicted molar refractivity (Wildman–Crippen MR) is 137 cm³/mol. The summed E-state index contributed by atoms with van der Waals surface area (Å²) in [5.41, 5.74) is 11.3. The normalized spacial score (nSPS) is 16.2. The minimum atomic E-state index is -0.339. The number of aryl methyl sites for hydroxylation is 1. The quantitative estimate of drug-likeness (QED) is 0.411. The molecule has 8 heteroatoms. The monoisotopic (exact) mass is 482 g/mol. The van der Waals surface area contributed by atoms with Gasteiger partial charge in [0.2, 0.25) is 0 Å². The van der Waals surface area contributed by atoms with Gasteiger partial charge in [-0.05, 0) is 56.2 Å². The first-order valence-electron chi connectivity index (χ1n) is 12.2. The molecular weight excluding hydrogens is 455 g/mol. The summed E-state index contributed by atoms with van der Waals surface area (Å²) in [6, 6.07) is 16.8. The molecule has 4 aromatic heterocycles. The molecule has 182 valence electrons. The average Bonchev–Trinajstić information content (AvgIpc) is 3.42. The third kappa shape index (κ3) is 3.83. The number of hydrogen-bond acceptors (Lipinski definition) is 4. The molecule has 1 unspecified atom stereocenters. The van der Waals surface area contributed by atoms with Crippen LogP contribution in [0.5, 0.6) is 0 Å². The van der Waals surface area contributed by atoms with Gasteiger partial charge in [0.1, 0.15) is 17.2 Å². The van der Waals surface area contributed by atoms with Gasteiger partial charge in [-0.3, -0.25) is 9.78 Å². The number of fused-ring (bicyclic) bond motifs is 2. The van der Waals surface area contributed by atoms with E-state index >= 15 is 0 Å². The molecular formula is C28H27FN6O. The van der Waals surface area contributed by atoms with E-state index in [1.807, 2.05) is 58.8 Å². The van der Waals surface area contributed by atoms with Crippen molar-refractivity contribution in [2.24, 2.45) is 5.73 Å². The van der Waals surface area contributed by atoms with E-state index in [-0.39, 0.29) is 24.3 Å². The highest BCUT2D eigenvalue weighted by Gasteiger charge is 2.24. The van der Waals surface area contributed by atoms with E-state index in [4.69, 9.17) is 10.7 Å². The number of pyridine rings is 2. The van der Waals surface area contributed by atoms with E-state index in [9.17, 15) is 9.18 Å². The molecule has 2 N–H and O–H groups in total. The molecule has 0 spiro atoms. The number of rotatable bonds is 4. The van der Waals surface area contributed by atoms with Gasteiger partial charge in [-0.15, -0.1) is 0 Å². The number of halogens is 1. The first-order valence-corrected chi connectivity index (χ1v) is 12.2. The smallest absolute Gasteiger partial charge is 0.254 e. The molecule has 6 rings (SSSR count). The van der Waals surface area contributed by atoms with Gasteiger partial charge in [0, 0.05) is 53.7 Å². The SMILES string of the molecule is Cc1c(-c2cc3ccccc3n2Cc2ncccc2F)nc2cc(C(=O)N3CCCC(N)C3)ccn12. The number of amides is 1. The molecule has 7 nitrogen and oxygen atoms in total. The highest BCUT2D eigenvalue weighted by atomic mass is 19.1. The van der Waals surface area contributed by atoms with Crippen LogP contribution in [0.4, 0.5) is 4.39 Å². The van der Waals surface area contributed by atoms with Crippen LogP contribution in [0.3, 0.4) is 0 Å². The molecule has 1 aliphatic heterocycles. The fourth-order valence-electron chi connectivity index (χ4n) is 5.18. The molecule has 0 saturated carbocycles. The minimum Gasteiger partial charge on any atom is -0.337 e. The molecule has 1 aliphatic rings. The van der Waals surface area contributed by atoms with E-state index in [2.05, 4.69) is 15.6 Å². The second kappa shape index (κ2) is 8.87.